The molecule has 2 bridgehead atoms. The highest BCUT2D eigenvalue weighted by Crippen LogP contribution is 2.59. The number of ether oxygens (including phenoxy) is 1. The summed E-state index contributed by atoms with van der Waals surface area (Å²) in [5, 5.41) is 0. The summed E-state index contributed by atoms with van der Waals surface area (Å²) >= 11 is 0. The molecule has 0 amide bonds. The fraction of sp³-hybridized carbons (Fsp3) is 0.786. The minimum atomic E-state index is -0.188. The Labute approximate surface area is 97.1 Å². The number of hydrogen-bond acceptors (Lipinski definition) is 2. The highest BCUT2D eigenvalue weighted by molar-refractivity contribution is 5.87. The van der Waals surface area contributed by atoms with Crippen molar-refractivity contribution >= 4 is 5.97 Å². The van der Waals surface area contributed by atoms with Crippen molar-refractivity contribution in [1.29, 1.82) is 0 Å². The molecule has 0 N–H and O–H groups in total. The molecule has 3 aliphatic carbocycles. The Morgan fingerprint density at radius 3 is 2.69 bits per heavy atom. The van der Waals surface area contributed by atoms with Crippen LogP contribution in [-0.4, -0.2) is 12.1 Å². The standard InChI is InChI=1S/C14H20O2/c1-8(2)14(15)16-13-7-9-6-12(13)11-5-3-4-10(9)11/h9-13H,1,3-7H2,2H3. The number of carbonyl (C=O) groups excluding carboxylic acids is 1. The normalized spacial score (nSPS) is 44.4. The summed E-state index contributed by atoms with van der Waals surface area (Å²) in [6.45, 7) is 5.38. The maximum atomic E-state index is 11.5. The monoisotopic (exact) mass is 220 g/mol. The molecule has 16 heavy (non-hydrogen) atoms. The number of fused-ring (bicyclic) bond motifs is 5. The lowest BCUT2D eigenvalue weighted by Gasteiger charge is -2.31. The van der Waals surface area contributed by atoms with Gasteiger partial charge in [-0.15, -0.1) is 0 Å². The van der Waals surface area contributed by atoms with E-state index in [2.05, 4.69) is 6.58 Å². The van der Waals surface area contributed by atoms with Gasteiger partial charge in [0.25, 0.3) is 0 Å². The molecule has 5 unspecified atom stereocenters. The first-order valence-electron chi connectivity index (χ1n) is 6.53. The van der Waals surface area contributed by atoms with Crippen LogP contribution in [0.15, 0.2) is 12.2 Å². The van der Waals surface area contributed by atoms with Gasteiger partial charge in [-0.1, -0.05) is 13.0 Å². The summed E-state index contributed by atoms with van der Waals surface area (Å²) in [6, 6.07) is 0. The maximum absolute atomic E-state index is 11.5. The molecule has 0 saturated heterocycles. The molecule has 0 radical (unpaired) electrons. The van der Waals surface area contributed by atoms with Gasteiger partial charge in [-0.05, 0) is 56.3 Å². The van der Waals surface area contributed by atoms with Gasteiger partial charge in [0.15, 0.2) is 0 Å². The molecular weight excluding hydrogens is 200 g/mol. The summed E-state index contributed by atoms with van der Waals surface area (Å²) in [4.78, 5) is 11.5. The highest BCUT2D eigenvalue weighted by atomic mass is 16.5. The lowest BCUT2D eigenvalue weighted by molar-refractivity contribution is -0.148. The van der Waals surface area contributed by atoms with E-state index in [-0.39, 0.29) is 12.1 Å². The molecule has 3 aliphatic rings. The molecule has 3 rings (SSSR count). The Balaban J connectivity index is 1.68. The largest absolute Gasteiger partial charge is 0.459 e. The van der Waals surface area contributed by atoms with E-state index in [9.17, 15) is 4.79 Å². The van der Waals surface area contributed by atoms with Crippen LogP contribution in [0.2, 0.25) is 0 Å². The van der Waals surface area contributed by atoms with E-state index in [1.807, 2.05) is 0 Å². The van der Waals surface area contributed by atoms with E-state index in [0.29, 0.717) is 11.5 Å². The van der Waals surface area contributed by atoms with Gasteiger partial charge in [-0.2, -0.15) is 0 Å². The van der Waals surface area contributed by atoms with Crippen molar-refractivity contribution < 1.29 is 9.53 Å². The predicted octanol–water partition coefficient (Wildman–Crippen LogP) is 2.93. The van der Waals surface area contributed by atoms with Crippen molar-refractivity contribution in [2.45, 2.75) is 45.1 Å². The summed E-state index contributed by atoms with van der Waals surface area (Å²) in [7, 11) is 0. The molecule has 88 valence electrons. The predicted molar refractivity (Wildman–Crippen MR) is 61.7 cm³/mol. The number of hydrogen-bond donors (Lipinski definition) is 0. The number of rotatable bonds is 2. The summed E-state index contributed by atoms with van der Waals surface area (Å²) in [6.07, 6.45) is 6.81. The van der Waals surface area contributed by atoms with Gasteiger partial charge in [-0.25, -0.2) is 4.79 Å². The van der Waals surface area contributed by atoms with Gasteiger partial charge in [0, 0.05) is 5.57 Å². The molecule has 2 heteroatoms. The summed E-state index contributed by atoms with van der Waals surface area (Å²) < 4.78 is 5.58. The molecule has 0 heterocycles. The molecule has 0 aromatic carbocycles. The molecule has 0 aliphatic heterocycles. The second-order valence-corrected chi connectivity index (χ2v) is 5.88. The van der Waals surface area contributed by atoms with Gasteiger partial charge in [0.1, 0.15) is 6.10 Å². The first kappa shape index (κ1) is 10.4. The first-order valence-corrected chi connectivity index (χ1v) is 6.53. The second-order valence-electron chi connectivity index (χ2n) is 5.88. The summed E-state index contributed by atoms with van der Waals surface area (Å²) in [5.74, 6) is 3.15. The van der Waals surface area contributed by atoms with Crippen LogP contribution in [0.5, 0.6) is 0 Å². The van der Waals surface area contributed by atoms with E-state index < -0.39 is 0 Å². The highest BCUT2D eigenvalue weighted by Gasteiger charge is 2.55. The molecule has 0 aromatic rings. The van der Waals surface area contributed by atoms with E-state index in [1.54, 1.807) is 6.92 Å². The Bertz CT molecular complexity index is 334. The third-order valence-corrected chi connectivity index (χ3v) is 4.97. The van der Waals surface area contributed by atoms with Crippen molar-refractivity contribution in [3.63, 3.8) is 0 Å². The fourth-order valence-corrected chi connectivity index (χ4v) is 4.38. The minimum absolute atomic E-state index is 0.188. The maximum Gasteiger partial charge on any atom is 0.333 e. The molecule has 0 spiro atoms. The van der Waals surface area contributed by atoms with Crippen molar-refractivity contribution in [3.05, 3.63) is 12.2 Å². The molecule has 2 nitrogen and oxygen atoms in total. The second kappa shape index (κ2) is 3.61. The Hall–Kier alpha value is -0.790. The van der Waals surface area contributed by atoms with Crippen molar-refractivity contribution in [2.24, 2.45) is 23.7 Å². The molecule has 3 saturated carbocycles. The fourth-order valence-electron chi connectivity index (χ4n) is 4.38. The van der Waals surface area contributed by atoms with E-state index >= 15 is 0 Å². The Kier molecular flexibility index (Phi) is 2.34. The van der Waals surface area contributed by atoms with Crippen molar-refractivity contribution in [1.82, 2.24) is 0 Å². The molecule has 5 atom stereocenters. The summed E-state index contributed by atoms with van der Waals surface area (Å²) in [5.41, 5.74) is 0.533. The number of esters is 1. The van der Waals surface area contributed by atoms with Gasteiger partial charge in [0.2, 0.25) is 0 Å². The Morgan fingerprint density at radius 1 is 1.19 bits per heavy atom. The van der Waals surface area contributed by atoms with Crippen LogP contribution < -0.4 is 0 Å². The van der Waals surface area contributed by atoms with Crippen LogP contribution in [0.3, 0.4) is 0 Å². The van der Waals surface area contributed by atoms with Crippen LogP contribution in [0.4, 0.5) is 0 Å². The average molecular weight is 220 g/mol. The Morgan fingerprint density at radius 2 is 1.94 bits per heavy atom. The van der Waals surface area contributed by atoms with Gasteiger partial charge in [0.05, 0.1) is 0 Å². The van der Waals surface area contributed by atoms with E-state index in [0.717, 1.165) is 24.2 Å². The van der Waals surface area contributed by atoms with Crippen molar-refractivity contribution in [3.8, 4) is 0 Å². The van der Waals surface area contributed by atoms with Crippen LogP contribution in [-0.2, 0) is 9.53 Å². The van der Waals surface area contributed by atoms with E-state index in [1.165, 1.54) is 25.7 Å². The molecule has 0 aromatic heterocycles. The SMILES string of the molecule is C=C(C)C(=O)OC1CC2CC1C1CCCC21. The van der Waals surface area contributed by atoms with Crippen molar-refractivity contribution in [2.75, 3.05) is 0 Å². The van der Waals surface area contributed by atoms with Crippen LogP contribution in [0.25, 0.3) is 0 Å². The van der Waals surface area contributed by atoms with Gasteiger partial charge in [-0.3, -0.25) is 0 Å². The lowest BCUT2D eigenvalue weighted by Crippen LogP contribution is -2.32. The topological polar surface area (TPSA) is 26.3 Å². The van der Waals surface area contributed by atoms with E-state index in [4.69, 9.17) is 4.74 Å². The van der Waals surface area contributed by atoms with Crippen LogP contribution >= 0.6 is 0 Å². The molecular formula is C14H20O2. The van der Waals surface area contributed by atoms with Crippen LogP contribution in [0.1, 0.15) is 39.0 Å². The van der Waals surface area contributed by atoms with Gasteiger partial charge < -0.3 is 4.74 Å². The zero-order valence-electron chi connectivity index (χ0n) is 9.95. The number of carbonyl (C=O) groups is 1. The minimum Gasteiger partial charge on any atom is -0.459 e. The third kappa shape index (κ3) is 1.42. The molecule has 3 fully saturated rings. The quantitative estimate of drug-likeness (QED) is 0.528. The zero-order valence-corrected chi connectivity index (χ0v) is 9.95. The lowest BCUT2D eigenvalue weighted by atomic mass is 9.80. The zero-order chi connectivity index (χ0) is 11.3. The third-order valence-electron chi connectivity index (χ3n) is 4.97. The first-order chi connectivity index (χ1) is 7.66. The average Bonchev–Trinajstić information content (AvgIpc) is 2.87. The van der Waals surface area contributed by atoms with Gasteiger partial charge >= 0.3 is 5.97 Å². The van der Waals surface area contributed by atoms with Crippen LogP contribution in [0, 0.1) is 23.7 Å². The smallest absolute Gasteiger partial charge is 0.333 e.